The van der Waals surface area contributed by atoms with Crippen molar-refractivity contribution in [3.8, 4) is 11.5 Å². The zero-order valence-corrected chi connectivity index (χ0v) is 20.0. The third-order valence-corrected chi connectivity index (χ3v) is 5.86. The first-order valence-corrected chi connectivity index (χ1v) is 12.5. The van der Waals surface area contributed by atoms with Gasteiger partial charge in [0.25, 0.3) is 5.91 Å². The van der Waals surface area contributed by atoms with Crippen LogP contribution in [-0.2, 0) is 6.61 Å². The minimum atomic E-state index is -0.282. The summed E-state index contributed by atoms with van der Waals surface area (Å²) in [7, 11) is 0. The first kappa shape index (κ1) is 23.6. The lowest BCUT2D eigenvalue weighted by molar-refractivity contribution is 0.0933. The van der Waals surface area contributed by atoms with E-state index < -0.39 is 0 Å². The van der Waals surface area contributed by atoms with Crippen LogP contribution in [0.5, 0.6) is 11.5 Å². The van der Waals surface area contributed by atoms with Gasteiger partial charge in [0.1, 0.15) is 6.61 Å². The molecule has 1 aromatic carbocycles. The molecule has 3 heterocycles. The number of thioether (sulfide) groups is 1. The van der Waals surface area contributed by atoms with Gasteiger partial charge in [-0.05, 0) is 73.4 Å². The molecule has 0 spiro atoms. The normalized spacial score (nSPS) is 11.8. The lowest BCUT2D eigenvalue weighted by atomic mass is 10.1. The van der Waals surface area contributed by atoms with Crippen molar-refractivity contribution in [3.05, 3.63) is 84.1 Å². The lowest BCUT2D eigenvalue weighted by Gasteiger charge is -2.18. The van der Waals surface area contributed by atoms with Crippen molar-refractivity contribution in [1.82, 2.24) is 24.9 Å². The molecule has 3 aromatic heterocycles. The highest BCUT2D eigenvalue weighted by atomic mass is 32.2. The van der Waals surface area contributed by atoms with E-state index in [0.29, 0.717) is 36.1 Å². The van der Waals surface area contributed by atoms with Crippen LogP contribution in [-0.4, -0.2) is 44.1 Å². The van der Waals surface area contributed by atoms with Crippen molar-refractivity contribution in [2.45, 2.75) is 26.0 Å². The van der Waals surface area contributed by atoms with Gasteiger partial charge in [-0.25, -0.2) is 0 Å². The van der Waals surface area contributed by atoms with Crippen LogP contribution in [0.15, 0.2) is 67.1 Å². The molecule has 4 rings (SSSR count). The molecule has 0 saturated carbocycles. The van der Waals surface area contributed by atoms with Gasteiger partial charge in [0.05, 0.1) is 12.6 Å². The van der Waals surface area contributed by atoms with Crippen molar-refractivity contribution in [2.24, 2.45) is 0 Å². The maximum absolute atomic E-state index is 13.2. The van der Waals surface area contributed by atoms with Crippen LogP contribution in [0.25, 0.3) is 5.65 Å². The molecule has 0 radical (unpaired) electrons. The number of fused-ring (bicyclic) bond motifs is 1. The fourth-order valence-corrected chi connectivity index (χ4v) is 3.99. The van der Waals surface area contributed by atoms with Crippen molar-refractivity contribution < 1.29 is 14.3 Å². The molecule has 34 heavy (non-hydrogen) atoms. The summed E-state index contributed by atoms with van der Waals surface area (Å²) >= 11 is 1.72. The van der Waals surface area contributed by atoms with Gasteiger partial charge in [-0.3, -0.25) is 14.2 Å². The maximum Gasteiger partial charge on any atom is 0.252 e. The van der Waals surface area contributed by atoms with Crippen LogP contribution < -0.4 is 14.8 Å². The van der Waals surface area contributed by atoms with E-state index in [-0.39, 0.29) is 11.9 Å². The van der Waals surface area contributed by atoms with Gasteiger partial charge in [-0.2, -0.15) is 11.8 Å². The molecule has 9 heteroatoms. The fourth-order valence-electron chi connectivity index (χ4n) is 3.52. The van der Waals surface area contributed by atoms with Gasteiger partial charge in [0.15, 0.2) is 23.0 Å². The van der Waals surface area contributed by atoms with Crippen LogP contribution >= 0.6 is 11.8 Å². The number of carbonyl (C=O) groups is 1. The third kappa shape index (κ3) is 5.66. The fraction of sp³-hybridized carbons (Fsp3) is 0.280. The molecule has 1 unspecified atom stereocenters. The van der Waals surface area contributed by atoms with Gasteiger partial charge in [0, 0.05) is 24.2 Å². The van der Waals surface area contributed by atoms with Crippen molar-refractivity contribution in [1.29, 1.82) is 0 Å². The highest BCUT2D eigenvalue weighted by molar-refractivity contribution is 7.98. The molecule has 0 aliphatic rings. The van der Waals surface area contributed by atoms with E-state index in [1.807, 2.05) is 54.1 Å². The number of nitrogens with one attached hydrogen (secondary N) is 1. The Morgan fingerprint density at radius 1 is 1.09 bits per heavy atom. The summed E-state index contributed by atoms with van der Waals surface area (Å²) in [5.74, 6) is 2.48. The number of nitrogens with zero attached hydrogens (tertiary/aromatic N) is 4. The van der Waals surface area contributed by atoms with Gasteiger partial charge in [-0.1, -0.05) is 6.07 Å². The molecule has 4 aromatic rings. The molecular formula is C25H27N5O3S. The molecule has 176 valence electrons. The van der Waals surface area contributed by atoms with Crippen molar-refractivity contribution in [3.63, 3.8) is 0 Å². The van der Waals surface area contributed by atoms with Gasteiger partial charge >= 0.3 is 0 Å². The second-order valence-electron chi connectivity index (χ2n) is 7.53. The summed E-state index contributed by atoms with van der Waals surface area (Å²) < 4.78 is 13.6. The zero-order chi connectivity index (χ0) is 23.8. The summed E-state index contributed by atoms with van der Waals surface area (Å²) in [4.78, 5) is 17.2. The summed E-state index contributed by atoms with van der Waals surface area (Å²) in [6, 6.07) is 14.5. The number of aromatic nitrogens is 4. The summed E-state index contributed by atoms with van der Waals surface area (Å²) in [5, 5.41) is 11.7. The number of rotatable bonds is 11. The average Bonchev–Trinajstić information content (AvgIpc) is 3.30. The minimum Gasteiger partial charge on any atom is -0.490 e. The van der Waals surface area contributed by atoms with Crippen molar-refractivity contribution >= 4 is 23.3 Å². The van der Waals surface area contributed by atoms with Gasteiger partial charge in [-0.15, -0.1) is 10.2 Å². The van der Waals surface area contributed by atoms with E-state index in [1.54, 1.807) is 42.4 Å². The molecule has 0 aliphatic carbocycles. The Bertz CT molecular complexity index is 1230. The molecule has 0 saturated heterocycles. The Hall–Kier alpha value is -3.59. The van der Waals surface area contributed by atoms with E-state index in [1.165, 1.54) is 0 Å². The number of ether oxygens (including phenoxy) is 2. The highest BCUT2D eigenvalue weighted by Gasteiger charge is 2.22. The number of pyridine rings is 2. The molecule has 0 fully saturated rings. The first-order valence-electron chi connectivity index (χ1n) is 11.1. The van der Waals surface area contributed by atoms with Crippen LogP contribution in [0.1, 0.15) is 41.1 Å². The second kappa shape index (κ2) is 11.5. The molecule has 1 N–H and O–H groups in total. The predicted molar refractivity (Wildman–Crippen MR) is 132 cm³/mol. The average molecular weight is 478 g/mol. The second-order valence-corrected chi connectivity index (χ2v) is 8.52. The van der Waals surface area contributed by atoms with Crippen LogP contribution in [0.2, 0.25) is 0 Å². The van der Waals surface area contributed by atoms with Crippen LogP contribution in [0.4, 0.5) is 0 Å². The molecule has 0 bridgehead atoms. The summed E-state index contributed by atoms with van der Waals surface area (Å²) in [6.07, 6.45) is 8.13. The number of hydrogen-bond acceptors (Lipinski definition) is 7. The molecule has 0 aliphatic heterocycles. The van der Waals surface area contributed by atoms with Gasteiger partial charge in [0.2, 0.25) is 0 Å². The zero-order valence-electron chi connectivity index (χ0n) is 19.2. The Morgan fingerprint density at radius 3 is 2.74 bits per heavy atom. The Labute approximate surface area is 202 Å². The van der Waals surface area contributed by atoms with E-state index in [9.17, 15) is 4.79 Å². The van der Waals surface area contributed by atoms with Crippen LogP contribution in [0, 0.1) is 0 Å². The van der Waals surface area contributed by atoms with E-state index in [4.69, 9.17) is 9.47 Å². The first-order chi connectivity index (χ1) is 16.7. The van der Waals surface area contributed by atoms with Crippen LogP contribution in [0.3, 0.4) is 0 Å². The van der Waals surface area contributed by atoms with Crippen molar-refractivity contribution in [2.75, 3.05) is 18.6 Å². The third-order valence-electron chi connectivity index (χ3n) is 5.22. The Kier molecular flexibility index (Phi) is 7.98. The van der Waals surface area contributed by atoms with E-state index in [0.717, 1.165) is 23.4 Å². The highest BCUT2D eigenvalue weighted by Crippen LogP contribution is 2.30. The number of hydrogen-bond donors (Lipinski definition) is 1. The van der Waals surface area contributed by atoms with E-state index in [2.05, 4.69) is 20.5 Å². The molecule has 1 atom stereocenters. The number of benzene rings is 1. The predicted octanol–water partition coefficient (Wildman–Crippen LogP) is 4.33. The smallest absolute Gasteiger partial charge is 0.252 e. The summed E-state index contributed by atoms with van der Waals surface area (Å²) in [5.41, 5.74) is 2.23. The standard InChI is InChI=1S/C25H27N5O3S/c1-3-32-22-16-19(7-8-21(22)33-17-18-9-12-26-13-10-18)25(31)27-20(11-15-34-2)24-29-28-23-6-4-5-14-30(23)24/h4-10,12-14,16,20H,3,11,15,17H2,1-2H3,(H,27,31). The van der Waals surface area contributed by atoms with E-state index >= 15 is 0 Å². The molecule has 1 amide bonds. The lowest BCUT2D eigenvalue weighted by Crippen LogP contribution is -2.30. The Balaban J connectivity index is 1.53. The SMILES string of the molecule is CCOc1cc(C(=O)NC(CCSC)c2nnc3ccccn23)ccc1OCc1ccncc1. The monoisotopic (exact) mass is 477 g/mol. The quantitative estimate of drug-likeness (QED) is 0.344. The number of carbonyl (C=O) groups excluding carboxylic acids is 1. The topological polar surface area (TPSA) is 90.6 Å². The summed E-state index contributed by atoms with van der Waals surface area (Å²) in [6.45, 7) is 2.73. The largest absolute Gasteiger partial charge is 0.490 e. The number of amides is 1. The molecule has 8 nitrogen and oxygen atoms in total. The minimum absolute atomic E-state index is 0.208. The Morgan fingerprint density at radius 2 is 1.94 bits per heavy atom. The maximum atomic E-state index is 13.2. The molecular weight excluding hydrogens is 450 g/mol. The van der Waals surface area contributed by atoms with Gasteiger partial charge < -0.3 is 14.8 Å².